The minimum Gasteiger partial charge on any atom is -0.390 e. The van der Waals surface area contributed by atoms with Crippen molar-refractivity contribution in [3.8, 4) is 6.07 Å². The predicted octanol–water partition coefficient (Wildman–Crippen LogP) is 3.13. The average Bonchev–Trinajstić information content (AvgIpc) is 2.45. The summed E-state index contributed by atoms with van der Waals surface area (Å²) in [5.74, 6) is -0.402. The second-order valence-electron chi connectivity index (χ2n) is 3.77. The molecule has 0 amide bonds. The van der Waals surface area contributed by atoms with Crippen molar-refractivity contribution in [3.05, 3.63) is 71.0 Å². The van der Waals surface area contributed by atoms with Crippen LogP contribution in [0.4, 0.5) is 4.39 Å². The lowest BCUT2D eigenvalue weighted by molar-refractivity contribution is 0.132. The number of rotatable bonds is 4. The first-order valence-corrected chi connectivity index (χ1v) is 5.61. The number of hydrogen-bond donors (Lipinski definition) is 0. The molecule has 0 aliphatic heterocycles. The maximum atomic E-state index is 13.2. The fourth-order valence-electron chi connectivity index (χ4n) is 1.47. The molecular weight excluding hydrogens is 243 g/mol. The van der Waals surface area contributed by atoms with E-state index < -0.39 is 5.82 Å². The van der Waals surface area contributed by atoms with Crippen LogP contribution in [0.25, 0.3) is 0 Å². The summed E-state index contributed by atoms with van der Waals surface area (Å²) < 4.78 is 13.2. The molecule has 2 aromatic rings. The van der Waals surface area contributed by atoms with Gasteiger partial charge < -0.3 is 4.84 Å². The fourth-order valence-corrected chi connectivity index (χ4v) is 1.47. The third-order valence-electron chi connectivity index (χ3n) is 2.39. The molecule has 2 aromatic carbocycles. The number of hydrogen-bond acceptors (Lipinski definition) is 3. The lowest BCUT2D eigenvalue weighted by Crippen LogP contribution is -1.91. The molecule has 0 saturated heterocycles. The molecule has 19 heavy (non-hydrogen) atoms. The summed E-state index contributed by atoms with van der Waals surface area (Å²) in [6.45, 7) is 0.205. The molecule has 1 radical (unpaired) electrons. The molecule has 0 aliphatic rings. The monoisotopic (exact) mass is 253 g/mol. The van der Waals surface area contributed by atoms with E-state index in [9.17, 15) is 4.39 Å². The Balaban J connectivity index is 1.93. The molecule has 0 heterocycles. The van der Waals surface area contributed by atoms with Crippen molar-refractivity contribution in [2.45, 2.75) is 6.61 Å². The van der Waals surface area contributed by atoms with E-state index in [2.05, 4.69) is 11.4 Å². The van der Waals surface area contributed by atoms with Crippen LogP contribution in [-0.2, 0) is 11.4 Å². The summed E-state index contributed by atoms with van der Waals surface area (Å²) in [5.41, 5.74) is 1.62. The van der Waals surface area contributed by atoms with Crippen LogP contribution in [0.1, 0.15) is 16.7 Å². The van der Waals surface area contributed by atoms with Crippen LogP contribution in [0.2, 0.25) is 0 Å². The van der Waals surface area contributed by atoms with Crippen LogP contribution in [0, 0.1) is 17.1 Å². The summed E-state index contributed by atoms with van der Waals surface area (Å²) >= 11 is 0. The molecule has 2 rings (SSSR count). The van der Waals surface area contributed by atoms with Gasteiger partial charge in [0.1, 0.15) is 18.6 Å². The highest BCUT2D eigenvalue weighted by molar-refractivity contribution is 5.79. The predicted molar refractivity (Wildman–Crippen MR) is 68.9 cm³/mol. The van der Waals surface area contributed by atoms with Crippen LogP contribution in [-0.4, -0.2) is 6.21 Å². The summed E-state index contributed by atoms with van der Waals surface area (Å²) in [6.07, 6.45) is 2.47. The second-order valence-corrected chi connectivity index (χ2v) is 3.77. The van der Waals surface area contributed by atoms with Crippen LogP contribution in [0.3, 0.4) is 0 Å². The number of nitrogens with zero attached hydrogens (tertiary/aromatic N) is 2. The van der Waals surface area contributed by atoms with E-state index in [1.54, 1.807) is 36.4 Å². The first-order valence-electron chi connectivity index (χ1n) is 5.61. The quantitative estimate of drug-likeness (QED) is 0.620. The molecule has 4 heteroatoms. The van der Waals surface area contributed by atoms with E-state index in [1.165, 1.54) is 6.07 Å². The lowest BCUT2D eigenvalue weighted by atomic mass is 10.1. The zero-order valence-electron chi connectivity index (χ0n) is 10.0. The molecular formula is C15H10FN2O. The van der Waals surface area contributed by atoms with E-state index in [4.69, 9.17) is 10.1 Å². The molecule has 0 fully saturated rings. The van der Waals surface area contributed by atoms with Gasteiger partial charge in [-0.25, -0.2) is 4.39 Å². The highest BCUT2D eigenvalue weighted by atomic mass is 19.1. The molecule has 0 N–H and O–H groups in total. The van der Waals surface area contributed by atoms with Crippen molar-refractivity contribution < 1.29 is 9.23 Å². The summed E-state index contributed by atoms with van der Waals surface area (Å²) in [4.78, 5) is 5.02. The molecule has 0 aliphatic carbocycles. The fraction of sp³-hybridized carbons (Fsp3) is 0.0667. The van der Waals surface area contributed by atoms with Gasteiger partial charge in [-0.3, -0.25) is 0 Å². The van der Waals surface area contributed by atoms with Crippen LogP contribution >= 0.6 is 0 Å². The van der Waals surface area contributed by atoms with Crippen molar-refractivity contribution in [3.63, 3.8) is 0 Å². The third-order valence-corrected chi connectivity index (χ3v) is 2.39. The van der Waals surface area contributed by atoms with Gasteiger partial charge in [0, 0.05) is 5.56 Å². The van der Waals surface area contributed by atoms with Crippen LogP contribution in [0.5, 0.6) is 0 Å². The standard InChI is InChI=1S/C15H10FN2O/c16-15-7-2-1-6-14(15)10-18-19-11-13-5-3-4-12(8-13)9-17/h1-8H,11H2. The Labute approximate surface area is 110 Å². The third kappa shape index (κ3) is 3.65. The minimum atomic E-state index is -0.402. The summed E-state index contributed by atoms with van der Waals surface area (Å²) in [7, 11) is 0. The van der Waals surface area contributed by atoms with Gasteiger partial charge in [-0.05, 0) is 29.8 Å². The Kier molecular flexibility index (Phi) is 4.25. The minimum absolute atomic E-state index is 0.205. The Bertz CT molecular complexity index is 632. The molecule has 0 aromatic heterocycles. The van der Waals surface area contributed by atoms with Gasteiger partial charge in [-0.15, -0.1) is 0 Å². The normalized spacial score (nSPS) is 10.3. The Hall–Kier alpha value is -2.67. The molecule has 0 saturated carbocycles. The van der Waals surface area contributed by atoms with Crippen LogP contribution < -0.4 is 0 Å². The van der Waals surface area contributed by atoms with Gasteiger partial charge in [-0.2, -0.15) is 5.26 Å². The van der Waals surface area contributed by atoms with Gasteiger partial charge in [0.25, 0.3) is 0 Å². The van der Waals surface area contributed by atoms with Gasteiger partial charge in [0.05, 0.1) is 11.6 Å². The molecule has 93 valence electrons. The Morgan fingerprint density at radius 2 is 2.00 bits per heavy atom. The van der Waals surface area contributed by atoms with Crippen molar-refractivity contribution >= 4 is 6.21 Å². The highest BCUT2D eigenvalue weighted by Gasteiger charge is 1.98. The number of nitriles is 1. The largest absolute Gasteiger partial charge is 0.390 e. The maximum Gasteiger partial charge on any atom is 0.142 e. The van der Waals surface area contributed by atoms with Crippen LogP contribution in [0.15, 0.2) is 53.7 Å². The highest BCUT2D eigenvalue weighted by Crippen LogP contribution is 2.06. The van der Waals surface area contributed by atoms with Gasteiger partial charge >= 0.3 is 0 Å². The van der Waals surface area contributed by atoms with Gasteiger partial charge in [-0.1, -0.05) is 29.4 Å². The van der Waals surface area contributed by atoms with Gasteiger partial charge in [0.2, 0.25) is 0 Å². The first-order chi connectivity index (χ1) is 9.29. The zero-order valence-corrected chi connectivity index (χ0v) is 10.0. The Morgan fingerprint density at radius 3 is 2.79 bits per heavy atom. The topological polar surface area (TPSA) is 45.4 Å². The second kappa shape index (κ2) is 6.31. The first kappa shape index (κ1) is 12.8. The van der Waals surface area contributed by atoms with E-state index in [0.717, 1.165) is 5.56 Å². The van der Waals surface area contributed by atoms with E-state index in [0.29, 0.717) is 5.56 Å². The molecule has 0 bridgehead atoms. The van der Waals surface area contributed by atoms with Crippen molar-refractivity contribution in [2.75, 3.05) is 0 Å². The number of halogens is 1. The smallest absolute Gasteiger partial charge is 0.142 e. The van der Waals surface area contributed by atoms with Crippen molar-refractivity contribution in [2.24, 2.45) is 5.16 Å². The van der Waals surface area contributed by atoms with Crippen molar-refractivity contribution in [1.82, 2.24) is 0 Å². The SMILES string of the molecule is N#Cc1cccc(CO/N=[C]\c2ccccc2F)c1. The zero-order chi connectivity index (χ0) is 13.5. The molecule has 0 spiro atoms. The summed E-state index contributed by atoms with van der Waals surface area (Å²) in [6, 6.07) is 15.2. The molecule has 0 atom stereocenters. The lowest BCUT2D eigenvalue weighted by Gasteiger charge is -1.99. The molecule has 3 nitrogen and oxygen atoms in total. The van der Waals surface area contributed by atoms with E-state index in [-0.39, 0.29) is 12.2 Å². The maximum absolute atomic E-state index is 13.2. The molecule has 0 unspecified atom stereocenters. The Morgan fingerprint density at radius 1 is 1.16 bits per heavy atom. The van der Waals surface area contributed by atoms with Gasteiger partial charge in [0.15, 0.2) is 0 Å². The van der Waals surface area contributed by atoms with E-state index >= 15 is 0 Å². The average molecular weight is 253 g/mol. The number of benzene rings is 2. The van der Waals surface area contributed by atoms with E-state index in [1.807, 2.05) is 12.1 Å². The summed E-state index contributed by atoms with van der Waals surface area (Å²) in [5, 5.41) is 12.3. The van der Waals surface area contributed by atoms with Crippen molar-refractivity contribution in [1.29, 1.82) is 5.26 Å².